The molecule has 0 N–H and O–H groups in total. The third-order valence-electron chi connectivity index (χ3n) is 6.90. The van der Waals surface area contributed by atoms with Gasteiger partial charge in [0.25, 0.3) is 0 Å². The number of hydrogen-bond donors (Lipinski definition) is 0. The van der Waals surface area contributed by atoms with Gasteiger partial charge in [0, 0.05) is 26.0 Å². The molecule has 7 aromatic rings. The predicted molar refractivity (Wildman–Crippen MR) is 148 cm³/mol. The van der Waals surface area contributed by atoms with Crippen LogP contribution in [0.4, 0.5) is 0 Å². The zero-order chi connectivity index (χ0) is 22.8. The molecule has 2 aromatic heterocycles. The largest absolute Gasteiger partial charge is 0.307 e. The van der Waals surface area contributed by atoms with Crippen molar-refractivity contribution in [2.45, 2.75) is 6.92 Å². The van der Waals surface area contributed by atoms with E-state index in [4.69, 9.17) is 0 Å². The third-order valence-corrected chi connectivity index (χ3v) is 7.75. The molecular weight excluding hydrogens is 480 g/mol. The number of aryl methyl sites for hydroxylation is 1. The van der Waals surface area contributed by atoms with Crippen molar-refractivity contribution in [3.8, 4) is 11.4 Å². The van der Waals surface area contributed by atoms with Crippen LogP contribution in [0.5, 0.6) is 0 Å². The van der Waals surface area contributed by atoms with Crippen molar-refractivity contribution in [1.82, 2.24) is 9.13 Å². The summed E-state index contributed by atoms with van der Waals surface area (Å²) in [4.78, 5) is 0. The highest BCUT2D eigenvalue weighted by Gasteiger charge is 2.19. The number of hydrogen-bond acceptors (Lipinski definition) is 0. The lowest BCUT2D eigenvalue weighted by molar-refractivity contribution is 1.08. The molecule has 0 aliphatic carbocycles. The fourth-order valence-electron chi connectivity index (χ4n) is 5.38. The Kier molecular flexibility index (Phi) is 4.24. The Morgan fingerprint density at radius 1 is 0.471 bits per heavy atom. The minimum Gasteiger partial charge on any atom is -0.307 e. The molecule has 0 spiro atoms. The summed E-state index contributed by atoms with van der Waals surface area (Å²) in [6.45, 7) is 2.16. The SMILES string of the molecule is Cc1cc(-n2c3ccccc3c3ccccc32)c(-n2c3ccccc3c3ccccc32)cc1Br. The molecular formula is C31H21BrN2. The van der Waals surface area contributed by atoms with Gasteiger partial charge >= 0.3 is 0 Å². The molecule has 0 bridgehead atoms. The molecule has 0 radical (unpaired) electrons. The summed E-state index contributed by atoms with van der Waals surface area (Å²) >= 11 is 3.83. The van der Waals surface area contributed by atoms with Gasteiger partial charge in [0.05, 0.1) is 33.4 Å². The summed E-state index contributed by atoms with van der Waals surface area (Å²) in [5, 5.41) is 5.07. The van der Waals surface area contributed by atoms with Crippen LogP contribution in [0, 0.1) is 6.92 Å². The molecule has 0 unspecified atom stereocenters. The molecule has 0 amide bonds. The molecule has 0 fully saturated rings. The second-order valence-corrected chi connectivity index (χ2v) is 9.68. The Bertz CT molecular complexity index is 1640. The van der Waals surface area contributed by atoms with E-state index in [-0.39, 0.29) is 0 Å². The number of para-hydroxylation sites is 4. The minimum absolute atomic E-state index is 1.11. The van der Waals surface area contributed by atoms with Gasteiger partial charge in [-0.2, -0.15) is 0 Å². The Hall–Kier alpha value is -3.82. The molecule has 34 heavy (non-hydrogen) atoms. The first-order valence-electron chi connectivity index (χ1n) is 11.5. The van der Waals surface area contributed by atoms with E-state index in [0.29, 0.717) is 0 Å². The van der Waals surface area contributed by atoms with Crippen molar-refractivity contribution in [3.05, 3.63) is 119 Å². The zero-order valence-electron chi connectivity index (χ0n) is 18.7. The average Bonchev–Trinajstić information content (AvgIpc) is 3.39. The number of rotatable bonds is 2. The summed E-state index contributed by atoms with van der Waals surface area (Å²) in [7, 11) is 0. The van der Waals surface area contributed by atoms with Gasteiger partial charge in [-0.3, -0.25) is 0 Å². The molecule has 0 aliphatic rings. The zero-order valence-corrected chi connectivity index (χ0v) is 20.3. The van der Waals surface area contributed by atoms with Crippen LogP contribution in [0.15, 0.2) is 114 Å². The van der Waals surface area contributed by atoms with Crippen LogP contribution in [0.2, 0.25) is 0 Å². The first-order valence-corrected chi connectivity index (χ1v) is 12.3. The van der Waals surface area contributed by atoms with Crippen molar-refractivity contribution in [2.24, 2.45) is 0 Å². The third kappa shape index (κ3) is 2.68. The molecule has 0 atom stereocenters. The van der Waals surface area contributed by atoms with Crippen LogP contribution < -0.4 is 0 Å². The smallest absolute Gasteiger partial charge is 0.0714 e. The van der Waals surface area contributed by atoms with Crippen molar-refractivity contribution in [1.29, 1.82) is 0 Å². The maximum atomic E-state index is 3.83. The monoisotopic (exact) mass is 500 g/mol. The number of aromatic nitrogens is 2. The van der Waals surface area contributed by atoms with E-state index >= 15 is 0 Å². The van der Waals surface area contributed by atoms with E-state index in [2.05, 4.69) is 141 Å². The molecule has 0 saturated heterocycles. The van der Waals surface area contributed by atoms with Gasteiger partial charge in [-0.25, -0.2) is 0 Å². The molecule has 162 valence electrons. The van der Waals surface area contributed by atoms with Crippen molar-refractivity contribution >= 4 is 59.5 Å². The van der Waals surface area contributed by atoms with E-state index < -0.39 is 0 Å². The number of fused-ring (bicyclic) bond motifs is 6. The lowest BCUT2D eigenvalue weighted by atomic mass is 10.1. The van der Waals surface area contributed by atoms with Gasteiger partial charge in [-0.15, -0.1) is 0 Å². The fraction of sp³-hybridized carbons (Fsp3) is 0.0323. The topological polar surface area (TPSA) is 9.86 Å². The molecule has 2 nitrogen and oxygen atoms in total. The quantitative estimate of drug-likeness (QED) is 0.224. The molecule has 0 saturated carbocycles. The van der Waals surface area contributed by atoms with Gasteiger partial charge in [0.2, 0.25) is 0 Å². The Morgan fingerprint density at radius 2 is 0.794 bits per heavy atom. The number of halogens is 1. The summed E-state index contributed by atoms with van der Waals surface area (Å²) < 4.78 is 5.94. The normalized spacial score (nSPS) is 11.8. The van der Waals surface area contributed by atoms with Crippen molar-refractivity contribution < 1.29 is 0 Å². The Morgan fingerprint density at radius 3 is 1.18 bits per heavy atom. The van der Waals surface area contributed by atoms with Gasteiger partial charge in [-0.05, 0) is 48.9 Å². The van der Waals surface area contributed by atoms with Crippen LogP contribution in [0.25, 0.3) is 55.0 Å². The minimum atomic E-state index is 1.11. The molecule has 3 heteroatoms. The predicted octanol–water partition coefficient (Wildman–Crippen LogP) is 8.95. The lowest BCUT2D eigenvalue weighted by Crippen LogP contribution is -2.04. The summed E-state index contributed by atoms with van der Waals surface area (Å²) in [6.07, 6.45) is 0. The van der Waals surface area contributed by atoms with Crippen molar-refractivity contribution in [2.75, 3.05) is 0 Å². The maximum absolute atomic E-state index is 3.83. The fourth-order valence-corrected chi connectivity index (χ4v) is 5.71. The van der Waals surface area contributed by atoms with E-state index in [1.165, 1.54) is 54.9 Å². The van der Waals surface area contributed by atoms with E-state index in [1.54, 1.807) is 0 Å². The van der Waals surface area contributed by atoms with Crippen LogP contribution in [-0.4, -0.2) is 9.13 Å². The standard InChI is InChI=1S/C31H21BrN2/c1-20-18-30(33-26-14-6-2-10-21(26)22-11-3-7-15-27(22)33)31(19-25(20)32)34-28-16-8-4-12-23(28)24-13-5-9-17-29(24)34/h2-19H,1H3. The Balaban J connectivity index is 1.69. The van der Waals surface area contributed by atoms with Crippen LogP contribution >= 0.6 is 15.9 Å². The van der Waals surface area contributed by atoms with Crippen LogP contribution in [0.1, 0.15) is 5.56 Å². The number of benzene rings is 5. The van der Waals surface area contributed by atoms with E-state index in [1.807, 2.05) is 0 Å². The van der Waals surface area contributed by atoms with Crippen LogP contribution in [-0.2, 0) is 0 Å². The Labute approximate surface area is 205 Å². The first kappa shape index (κ1) is 19.6. The highest BCUT2D eigenvalue weighted by molar-refractivity contribution is 9.10. The van der Waals surface area contributed by atoms with E-state index in [0.717, 1.165) is 10.2 Å². The highest BCUT2D eigenvalue weighted by atomic mass is 79.9. The second-order valence-electron chi connectivity index (χ2n) is 8.83. The first-order chi connectivity index (χ1) is 16.7. The average molecular weight is 501 g/mol. The van der Waals surface area contributed by atoms with Crippen molar-refractivity contribution in [3.63, 3.8) is 0 Å². The molecule has 0 aliphatic heterocycles. The van der Waals surface area contributed by atoms with Gasteiger partial charge in [0.1, 0.15) is 0 Å². The second kappa shape index (κ2) is 7.34. The molecule has 5 aromatic carbocycles. The number of nitrogens with zero attached hydrogens (tertiary/aromatic N) is 2. The molecule has 2 heterocycles. The van der Waals surface area contributed by atoms with Crippen LogP contribution in [0.3, 0.4) is 0 Å². The van der Waals surface area contributed by atoms with Gasteiger partial charge in [-0.1, -0.05) is 88.7 Å². The summed E-state index contributed by atoms with van der Waals surface area (Å²) in [6, 6.07) is 39.4. The maximum Gasteiger partial charge on any atom is 0.0714 e. The lowest BCUT2D eigenvalue weighted by Gasteiger charge is -2.18. The summed E-state index contributed by atoms with van der Waals surface area (Å²) in [5.74, 6) is 0. The highest BCUT2D eigenvalue weighted by Crippen LogP contribution is 2.39. The van der Waals surface area contributed by atoms with E-state index in [9.17, 15) is 0 Å². The molecule has 7 rings (SSSR count). The van der Waals surface area contributed by atoms with Gasteiger partial charge < -0.3 is 9.13 Å². The summed E-state index contributed by atoms with van der Waals surface area (Å²) in [5.41, 5.74) is 8.38. The van der Waals surface area contributed by atoms with Gasteiger partial charge in [0.15, 0.2) is 0 Å².